The summed E-state index contributed by atoms with van der Waals surface area (Å²) >= 11 is 0. The summed E-state index contributed by atoms with van der Waals surface area (Å²) in [6.07, 6.45) is 9.89. The van der Waals surface area contributed by atoms with Crippen molar-refractivity contribution in [1.82, 2.24) is 5.32 Å². The number of carboxylic acids is 1. The SMILES string of the molecule is C=CN=C/C=C/CC(O)C1C=CC(CNC(O)OC(C)(C)C)=C(c2cccc(CC(=O)O)c2)C1.F. The van der Waals surface area contributed by atoms with Crippen molar-refractivity contribution in [2.75, 3.05) is 6.54 Å². The number of halogens is 1. The molecule has 1 aromatic rings. The first-order valence-electron chi connectivity index (χ1n) is 11.4. The van der Waals surface area contributed by atoms with E-state index in [0.717, 1.165) is 16.7 Å². The first-order chi connectivity index (χ1) is 16.1. The zero-order chi connectivity index (χ0) is 25.1. The molecule has 0 aliphatic heterocycles. The molecular weight excluding hydrogens is 451 g/mol. The Morgan fingerprint density at radius 1 is 1.34 bits per heavy atom. The molecule has 4 N–H and O–H groups in total. The fourth-order valence-electron chi connectivity index (χ4n) is 3.69. The van der Waals surface area contributed by atoms with Crippen LogP contribution >= 0.6 is 0 Å². The standard InChI is InChI=1S/C27H36N2O5.FH/c1-5-28-14-7-6-11-24(30)21-12-13-22(18-29-26(33)34-27(2,3)4)23(17-21)20-10-8-9-19(15-20)16-25(31)32;/h5-10,12-15,21,24,26,29-30,33H,1,11,16-18H2,2-4H3,(H,31,32);1H/b7-6+,28-14?;. The summed E-state index contributed by atoms with van der Waals surface area (Å²) in [7, 11) is 0. The number of aliphatic carboxylic acids is 1. The van der Waals surface area contributed by atoms with E-state index in [9.17, 15) is 20.1 Å². The van der Waals surface area contributed by atoms with Crippen LogP contribution in [-0.2, 0) is 16.0 Å². The first kappa shape index (κ1) is 30.1. The number of carbonyl (C=O) groups is 1. The van der Waals surface area contributed by atoms with Crippen molar-refractivity contribution in [1.29, 1.82) is 0 Å². The lowest BCUT2D eigenvalue weighted by atomic mass is 9.82. The molecule has 0 amide bonds. The fraction of sp³-hybridized carbons (Fsp3) is 0.407. The molecule has 3 atom stereocenters. The first-order valence-corrected chi connectivity index (χ1v) is 11.4. The number of ether oxygens (including phenoxy) is 1. The van der Waals surface area contributed by atoms with E-state index < -0.39 is 24.1 Å². The van der Waals surface area contributed by atoms with Gasteiger partial charge in [0, 0.05) is 24.9 Å². The van der Waals surface area contributed by atoms with Gasteiger partial charge in [-0.2, -0.15) is 0 Å². The van der Waals surface area contributed by atoms with Crippen molar-refractivity contribution in [3.05, 3.63) is 78.0 Å². The summed E-state index contributed by atoms with van der Waals surface area (Å²) in [5.74, 6) is -1.00. The maximum Gasteiger partial charge on any atom is 0.307 e. The fourth-order valence-corrected chi connectivity index (χ4v) is 3.69. The van der Waals surface area contributed by atoms with Crippen LogP contribution in [0.25, 0.3) is 5.57 Å². The molecule has 0 heterocycles. The minimum atomic E-state index is -1.13. The number of rotatable bonds is 12. The normalized spacial score (nSPS) is 18.0. The number of benzene rings is 1. The third-order valence-electron chi connectivity index (χ3n) is 5.22. The van der Waals surface area contributed by atoms with E-state index in [4.69, 9.17) is 4.74 Å². The van der Waals surface area contributed by atoms with Gasteiger partial charge in [0.05, 0.1) is 18.1 Å². The molecule has 0 radical (unpaired) electrons. The number of nitrogens with zero attached hydrogens (tertiary/aromatic N) is 1. The van der Waals surface area contributed by atoms with Crippen molar-refractivity contribution in [3.63, 3.8) is 0 Å². The Labute approximate surface area is 206 Å². The second-order valence-corrected chi connectivity index (χ2v) is 9.18. The predicted octanol–water partition coefficient (Wildman–Crippen LogP) is 4.00. The highest BCUT2D eigenvalue weighted by atomic mass is 19.0. The Kier molecular flexibility index (Phi) is 12.5. The van der Waals surface area contributed by atoms with E-state index in [-0.39, 0.29) is 17.0 Å². The van der Waals surface area contributed by atoms with Gasteiger partial charge in [-0.3, -0.25) is 19.8 Å². The van der Waals surface area contributed by atoms with Crippen LogP contribution < -0.4 is 5.32 Å². The van der Waals surface area contributed by atoms with Crippen LogP contribution in [0, 0.1) is 5.92 Å². The van der Waals surface area contributed by atoms with Gasteiger partial charge in [-0.15, -0.1) is 0 Å². The number of hydrogen-bond acceptors (Lipinski definition) is 6. The molecule has 2 rings (SSSR count). The molecule has 0 fully saturated rings. The predicted molar refractivity (Wildman–Crippen MR) is 138 cm³/mol. The van der Waals surface area contributed by atoms with E-state index in [1.54, 1.807) is 18.4 Å². The van der Waals surface area contributed by atoms with Crippen molar-refractivity contribution >= 4 is 17.8 Å². The molecule has 8 heteroatoms. The summed E-state index contributed by atoms with van der Waals surface area (Å²) in [6, 6.07) is 7.45. The Bertz CT molecular complexity index is 963. The number of aliphatic hydroxyl groups is 2. The van der Waals surface area contributed by atoms with E-state index in [2.05, 4.69) is 16.9 Å². The molecule has 0 bridgehead atoms. The molecule has 35 heavy (non-hydrogen) atoms. The molecule has 1 aliphatic carbocycles. The summed E-state index contributed by atoms with van der Waals surface area (Å²) in [4.78, 5) is 15.1. The number of carboxylic acid groups (broad SMARTS) is 1. The summed E-state index contributed by atoms with van der Waals surface area (Å²) in [5.41, 5.74) is 3.04. The number of allylic oxidation sites excluding steroid dienone is 2. The van der Waals surface area contributed by atoms with Gasteiger partial charge in [0.25, 0.3) is 0 Å². The Balaban J connectivity index is 0.00000612. The van der Waals surface area contributed by atoms with E-state index in [1.807, 2.05) is 57.2 Å². The molecule has 0 spiro atoms. The summed E-state index contributed by atoms with van der Waals surface area (Å²) < 4.78 is 5.53. The quantitative estimate of drug-likeness (QED) is 0.261. The third-order valence-corrected chi connectivity index (χ3v) is 5.22. The van der Waals surface area contributed by atoms with Crippen molar-refractivity contribution < 1.29 is 29.6 Å². The topological polar surface area (TPSA) is 111 Å². The Morgan fingerprint density at radius 3 is 2.74 bits per heavy atom. The highest BCUT2D eigenvalue weighted by Gasteiger charge is 2.24. The molecule has 0 saturated carbocycles. The minimum absolute atomic E-state index is 0. The van der Waals surface area contributed by atoms with Crippen LogP contribution in [0.15, 0.2) is 71.9 Å². The smallest absolute Gasteiger partial charge is 0.307 e. The molecular formula is C27H37FN2O5. The number of nitrogens with one attached hydrogen (secondary N) is 1. The van der Waals surface area contributed by atoms with Crippen LogP contribution in [0.1, 0.15) is 44.7 Å². The van der Waals surface area contributed by atoms with E-state index >= 15 is 0 Å². The van der Waals surface area contributed by atoms with Gasteiger partial charge >= 0.3 is 5.97 Å². The molecule has 3 unspecified atom stereocenters. The number of hydrogen-bond donors (Lipinski definition) is 4. The van der Waals surface area contributed by atoms with Gasteiger partial charge in [-0.1, -0.05) is 49.1 Å². The van der Waals surface area contributed by atoms with Crippen LogP contribution in [0.5, 0.6) is 0 Å². The largest absolute Gasteiger partial charge is 0.481 e. The molecule has 7 nitrogen and oxygen atoms in total. The van der Waals surface area contributed by atoms with Gasteiger partial charge < -0.3 is 20.1 Å². The number of aliphatic imine (C=N–C) groups is 1. The maximum atomic E-state index is 11.2. The average Bonchev–Trinajstić information content (AvgIpc) is 2.76. The zero-order valence-corrected chi connectivity index (χ0v) is 20.6. The van der Waals surface area contributed by atoms with E-state index in [0.29, 0.717) is 24.9 Å². The van der Waals surface area contributed by atoms with Gasteiger partial charge in [-0.25, -0.2) is 0 Å². The molecule has 192 valence electrons. The summed E-state index contributed by atoms with van der Waals surface area (Å²) in [6.45, 7) is 9.46. The highest BCUT2D eigenvalue weighted by molar-refractivity contribution is 5.75. The molecule has 0 saturated heterocycles. The Hall–Kier alpha value is -2.91. The highest BCUT2D eigenvalue weighted by Crippen LogP contribution is 2.34. The van der Waals surface area contributed by atoms with Crippen LogP contribution in [-0.4, -0.2) is 52.2 Å². The second kappa shape index (κ2) is 14.5. The minimum Gasteiger partial charge on any atom is -0.481 e. The molecule has 1 aliphatic rings. The van der Waals surface area contributed by atoms with Gasteiger partial charge in [0.2, 0.25) is 6.41 Å². The average molecular weight is 489 g/mol. The molecule has 0 aromatic heterocycles. The lowest BCUT2D eigenvalue weighted by Crippen LogP contribution is -2.39. The zero-order valence-electron chi connectivity index (χ0n) is 20.6. The van der Waals surface area contributed by atoms with Crippen molar-refractivity contribution in [2.24, 2.45) is 10.9 Å². The van der Waals surface area contributed by atoms with Gasteiger partial charge in [0.15, 0.2) is 0 Å². The Morgan fingerprint density at radius 2 is 2.09 bits per heavy atom. The van der Waals surface area contributed by atoms with Crippen LogP contribution in [0.2, 0.25) is 0 Å². The van der Waals surface area contributed by atoms with Crippen molar-refractivity contribution in [2.45, 2.75) is 58.2 Å². The summed E-state index contributed by atoms with van der Waals surface area (Å²) in [5, 5.41) is 33.1. The number of aliphatic hydroxyl groups excluding tert-OH is 2. The van der Waals surface area contributed by atoms with Gasteiger partial charge in [0.1, 0.15) is 0 Å². The lowest BCUT2D eigenvalue weighted by Gasteiger charge is -2.28. The third kappa shape index (κ3) is 10.9. The maximum absolute atomic E-state index is 11.2. The van der Waals surface area contributed by atoms with Gasteiger partial charge in [-0.05, 0) is 62.0 Å². The second-order valence-electron chi connectivity index (χ2n) is 9.18. The van der Waals surface area contributed by atoms with Crippen LogP contribution in [0.3, 0.4) is 0 Å². The lowest BCUT2D eigenvalue weighted by molar-refractivity contribution is -0.180. The van der Waals surface area contributed by atoms with E-state index in [1.165, 1.54) is 6.20 Å². The van der Waals surface area contributed by atoms with Crippen LogP contribution in [0.4, 0.5) is 4.70 Å². The van der Waals surface area contributed by atoms with Crippen molar-refractivity contribution in [3.8, 4) is 0 Å². The monoisotopic (exact) mass is 488 g/mol. The molecule has 1 aromatic carbocycles.